The third-order valence-corrected chi connectivity index (χ3v) is 4.86. The van der Waals surface area contributed by atoms with E-state index < -0.39 is 10.8 Å². The number of hydrogen-bond donors (Lipinski definition) is 1. The molecule has 0 amide bonds. The molecule has 5 heteroatoms. The zero-order chi connectivity index (χ0) is 12.1. The Morgan fingerprint density at radius 3 is 2.88 bits per heavy atom. The highest BCUT2D eigenvalue weighted by atomic mass is 32.2. The molecule has 1 aliphatic rings. The van der Waals surface area contributed by atoms with Gasteiger partial charge in [-0.3, -0.25) is 9.11 Å². The number of thiophene rings is 1. The summed E-state index contributed by atoms with van der Waals surface area (Å²) >= 11 is 1.67. The third kappa shape index (κ3) is 3.93. The molecular formula is C12H15NO2S2. The van der Waals surface area contributed by atoms with Crippen molar-refractivity contribution in [1.82, 2.24) is 4.90 Å². The van der Waals surface area contributed by atoms with Crippen molar-refractivity contribution in [1.29, 1.82) is 0 Å². The maximum absolute atomic E-state index is 11.2. The van der Waals surface area contributed by atoms with E-state index in [0.717, 1.165) is 36.0 Å². The van der Waals surface area contributed by atoms with Gasteiger partial charge in [-0.1, -0.05) is 11.8 Å². The molecule has 1 fully saturated rings. The minimum Gasteiger partial charge on any atom is -0.384 e. The zero-order valence-corrected chi connectivity index (χ0v) is 11.1. The Labute approximate surface area is 108 Å². The molecule has 92 valence electrons. The molecule has 0 atom stereocenters. The van der Waals surface area contributed by atoms with Crippen LogP contribution >= 0.6 is 11.3 Å². The molecule has 0 aliphatic carbocycles. The molecule has 1 aromatic rings. The fraction of sp³-hybridized carbons (Fsp3) is 0.500. The average Bonchev–Trinajstić information content (AvgIpc) is 2.77. The van der Waals surface area contributed by atoms with E-state index in [-0.39, 0.29) is 6.61 Å². The van der Waals surface area contributed by atoms with Crippen molar-refractivity contribution in [2.75, 3.05) is 31.2 Å². The first kappa shape index (κ1) is 12.8. The molecule has 1 N–H and O–H groups in total. The van der Waals surface area contributed by atoms with Crippen molar-refractivity contribution < 1.29 is 9.32 Å². The monoisotopic (exact) mass is 269 g/mol. The van der Waals surface area contributed by atoms with Crippen LogP contribution < -0.4 is 0 Å². The summed E-state index contributed by atoms with van der Waals surface area (Å²) in [6.07, 6.45) is 0. The summed E-state index contributed by atoms with van der Waals surface area (Å²) in [5.74, 6) is 7.15. The van der Waals surface area contributed by atoms with Crippen LogP contribution in [0.1, 0.15) is 9.75 Å². The number of aliphatic hydroxyl groups is 1. The second kappa shape index (κ2) is 6.31. The van der Waals surface area contributed by atoms with Crippen LogP contribution in [0.5, 0.6) is 0 Å². The van der Waals surface area contributed by atoms with Crippen molar-refractivity contribution >= 4 is 22.1 Å². The summed E-state index contributed by atoms with van der Waals surface area (Å²) < 4.78 is 11.2. The number of aliphatic hydroxyl groups excluding tert-OH is 1. The lowest BCUT2D eigenvalue weighted by Crippen LogP contribution is -2.36. The van der Waals surface area contributed by atoms with Gasteiger partial charge in [0.05, 0.1) is 4.88 Å². The summed E-state index contributed by atoms with van der Waals surface area (Å²) in [6.45, 7) is 2.66. The maximum atomic E-state index is 11.2. The molecule has 1 aliphatic heterocycles. The Kier molecular flexibility index (Phi) is 4.75. The molecule has 0 radical (unpaired) electrons. The second-order valence-electron chi connectivity index (χ2n) is 3.85. The van der Waals surface area contributed by atoms with Gasteiger partial charge in [-0.05, 0) is 12.1 Å². The molecule has 0 saturated carbocycles. The zero-order valence-electron chi connectivity index (χ0n) is 9.52. The van der Waals surface area contributed by atoms with Crippen LogP contribution in [0.25, 0.3) is 0 Å². The molecule has 17 heavy (non-hydrogen) atoms. The van der Waals surface area contributed by atoms with Crippen LogP contribution in [0.15, 0.2) is 12.1 Å². The van der Waals surface area contributed by atoms with Gasteiger partial charge in [0, 0.05) is 46.8 Å². The van der Waals surface area contributed by atoms with E-state index in [4.69, 9.17) is 5.11 Å². The van der Waals surface area contributed by atoms with Crippen LogP contribution in [0.3, 0.4) is 0 Å². The van der Waals surface area contributed by atoms with Crippen molar-refractivity contribution in [3.8, 4) is 11.8 Å². The van der Waals surface area contributed by atoms with Crippen LogP contribution in [0.4, 0.5) is 0 Å². The Balaban J connectivity index is 1.90. The summed E-state index contributed by atoms with van der Waals surface area (Å²) in [5.41, 5.74) is 0. The van der Waals surface area contributed by atoms with Gasteiger partial charge in [-0.25, -0.2) is 0 Å². The van der Waals surface area contributed by atoms with Gasteiger partial charge in [0.15, 0.2) is 0 Å². The topological polar surface area (TPSA) is 40.5 Å². The van der Waals surface area contributed by atoms with Gasteiger partial charge in [0.1, 0.15) is 6.61 Å². The standard InChI is InChI=1S/C12H15NO2S2/c14-7-1-2-11-3-4-12(16-11)10-13-5-8-17(15)9-6-13/h3-4,14H,5-10H2. The van der Waals surface area contributed by atoms with E-state index in [1.807, 2.05) is 6.07 Å². The molecule has 3 nitrogen and oxygen atoms in total. The highest BCUT2D eigenvalue weighted by molar-refractivity contribution is 7.85. The average molecular weight is 269 g/mol. The Bertz CT molecular complexity index is 449. The molecule has 1 aromatic heterocycles. The van der Waals surface area contributed by atoms with Crippen LogP contribution in [-0.4, -0.2) is 45.4 Å². The minimum absolute atomic E-state index is 0.0921. The number of nitrogens with zero attached hydrogens (tertiary/aromatic N) is 1. The summed E-state index contributed by atoms with van der Waals surface area (Å²) in [7, 11) is -0.606. The largest absolute Gasteiger partial charge is 0.384 e. The highest BCUT2D eigenvalue weighted by Crippen LogP contribution is 2.18. The highest BCUT2D eigenvalue weighted by Gasteiger charge is 2.15. The van der Waals surface area contributed by atoms with Crippen molar-refractivity contribution in [2.24, 2.45) is 0 Å². The predicted octanol–water partition coefficient (Wildman–Crippen LogP) is 0.656. The first-order valence-corrected chi connectivity index (χ1v) is 7.84. The SMILES string of the molecule is O=S1CCN(Cc2ccc(C#CCO)s2)CC1. The lowest BCUT2D eigenvalue weighted by molar-refractivity contribution is 0.294. The van der Waals surface area contributed by atoms with Crippen LogP contribution in [0.2, 0.25) is 0 Å². The van der Waals surface area contributed by atoms with E-state index in [9.17, 15) is 4.21 Å². The maximum Gasteiger partial charge on any atom is 0.104 e. The lowest BCUT2D eigenvalue weighted by Gasteiger charge is -2.25. The Morgan fingerprint density at radius 2 is 2.18 bits per heavy atom. The van der Waals surface area contributed by atoms with Gasteiger partial charge < -0.3 is 5.11 Å². The molecule has 1 saturated heterocycles. The minimum atomic E-state index is -0.606. The first-order chi connectivity index (χ1) is 8.28. The second-order valence-corrected chi connectivity index (χ2v) is 6.71. The normalized spacial score (nSPS) is 17.7. The molecular weight excluding hydrogens is 254 g/mol. The van der Waals surface area contributed by atoms with Crippen LogP contribution in [-0.2, 0) is 17.3 Å². The van der Waals surface area contributed by atoms with Gasteiger partial charge in [0.25, 0.3) is 0 Å². The van der Waals surface area contributed by atoms with E-state index in [0.29, 0.717) is 0 Å². The summed E-state index contributed by atoms with van der Waals surface area (Å²) in [4.78, 5) is 4.60. The van der Waals surface area contributed by atoms with Crippen molar-refractivity contribution in [3.63, 3.8) is 0 Å². The molecule has 0 bridgehead atoms. The summed E-state index contributed by atoms with van der Waals surface area (Å²) in [6, 6.07) is 4.07. The van der Waals surface area contributed by atoms with Crippen molar-refractivity contribution in [3.05, 3.63) is 21.9 Å². The molecule has 0 unspecified atom stereocenters. The van der Waals surface area contributed by atoms with Crippen LogP contribution in [0, 0.1) is 11.8 Å². The predicted molar refractivity (Wildman–Crippen MR) is 71.4 cm³/mol. The smallest absolute Gasteiger partial charge is 0.104 e. The Morgan fingerprint density at radius 1 is 1.41 bits per heavy atom. The van der Waals surface area contributed by atoms with Gasteiger partial charge in [0.2, 0.25) is 0 Å². The van der Waals surface area contributed by atoms with E-state index in [1.165, 1.54) is 4.88 Å². The van der Waals surface area contributed by atoms with E-state index in [1.54, 1.807) is 11.3 Å². The first-order valence-electron chi connectivity index (χ1n) is 5.53. The third-order valence-electron chi connectivity index (χ3n) is 2.60. The molecule has 2 rings (SSSR count). The fourth-order valence-corrected chi connectivity index (χ4v) is 3.76. The molecule has 0 aromatic carbocycles. The summed E-state index contributed by atoms with van der Waals surface area (Å²) in [5, 5.41) is 8.61. The number of hydrogen-bond acceptors (Lipinski definition) is 4. The van der Waals surface area contributed by atoms with Gasteiger partial charge in [-0.15, -0.1) is 11.3 Å². The number of rotatable bonds is 2. The molecule has 2 heterocycles. The van der Waals surface area contributed by atoms with E-state index in [2.05, 4.69) is 22.8 Å². The van der Waals surface area contributed by atoms with Gasteiger partial charge >= 0.3 is 0 Å². The Hall–Kier alpha value is -0.670. The molecule has 0 spiro atoms. The van der Waals surface area contributed by atoms with Crippen molar-refractivity contribution in [2.45, 2.75) is 6.54 Å². The lowest BCUT2D eigenvalue weighted by atomic mass is 10.4. The van der Waals surface area contributed by atoms with E-state index >= 15 is 0 Å². The van der Waals surface area contributed by atoms with Gasteiger partial charge in [-0.2, -0.15) is 0 Å². The quantitative estimate of drug-likeness (QED) is 0.802. The fourth-order valence-electron chi connectivity index (χ4n) is 1.71.